The number of aromatic nitrogens is 2. The first-order valence-electron chi connectivity index (χ1n) is 9.04. The summed E-state index contributed by atoms with van der Waals surface area (Å²) in [6.07, 6.45) is 1.39. The molecule has 1 aromatic heterocycles. The van der Waals surface area contributed by atoms with Crippen molar-refractivity contribution in [2.24, 2.45) is 0 Å². The van der Waals surface area contributed by atoms with E-state index in [9.17, 15) is 4.79 Å². The highest BCUT2D eigenvalue weighted by molar-refractivity contribution is 6.04. The van der Waals surface area contributed by atoms with Crippen molar-refractivity contribution in [2.75, 3.05) is 17.7 Å². The van der Waals surface area contributed by atoms with Crippen LogP contribution in [0.15, 0.2) is 48.8 Å². The Bertz CT molecular complexity index is 961. The van der Waals surface area contributed by atoms with Gasteiger partial charge in [-0.25, -0.2) is 9.97 Å². The summed E-state index contributed by atoms with van der Waals surface area (Å²) < 4.78 is 5.16. The quantitative estimate of drug-likeness (QED) is 0.672. The monoisotopic (exact) mass is 376 g/mol. The highest BCUT2D eigenvalue weighted by Gasteiger charge is 2.12. The number of benzene rings is 2. The van der Waals surface area contributed by atoms with Crippen LogP contribution in [0.25, 0.3) is 0 Å². The Morgan fingerprint density at radius 1 is 1.00 bits per heavy atom. The Hall–Kier alpha value is -3.41. The van der Waals surface area contributed by atoms with E-state index in [1.807, 2.05) is 57.2 Å². The van der Waals surface area contributed by atoms with Crippen molar-refractivity contribution in [1.82, 2.24) is 9.97 Å². The predicted octanol–water partition coefficient (Wildman–Crippen LogP) is 4.27. The van der Waals surface area contributed by atoms with Gasteiger partial charge in [-0.2, -0.15) is 0 Å². The molecule has 0 aliphatic heterocycles. The number of hydrogen-bond donors (Lipinski definition) is 2. The lowest BCUT2D eigenvalue weighted by molar-refractivity contribution is 0.102. The second kappa shape index (κ2) is 8.52. The molecule has 0 spiro atoms. The third-order valence-electron chi connectivity index (χ3n) is 4.45. The lowest BCUT2D eigenvalue weighted by atomic mass is 10.0. The van der Waals surface area contributed by atoms with E-state index in [4.69, 9.17) is 4.74 Å². The smallest absolute Gasteiger partial charge is 0.274 e. The highest BCUT2D eigenvalue weighted by Crippen LogP contribution is 2.22. The van der Waals surface area contributed by atoms with Crippen LogP contribution in [0.3, 0.4) is 0 Å². The molecule has 3 aromatic rings. The Kier molecular flexibility index (Phi) is 5.89. The van der Waals surface area contributed by atoms with Crippen LogP contribution in [-0.2, 0) is 6.54 Å². The molecule has 0 aliphatic carbocycles. The fourth-order valence-corrected chi connectivity index (χ4v) is 3.07. The molecule has 0 saturated carbocycles. The number of hydrogen-bond acceptors (Lipinski definition) is 5. The summed E-state index contributed by atoms with van der Waals surface area (Å²) in [5.74, 6) is 1.14. The van der Waals surface area contributed by atoms with Gasteiger partial charge in [0.25, 0.3) is 5.91 Å². The fourth-order valence-electron chi connectivity index (χ4n) is 3.07. The molecule has 1 amide bonds. The van der Waals surface area contributed by atoms with Gasteiger partial charge in [-0.05, 0) is 49.6 Å². The van der Waals surface area contributed by atoms with Crippen LogP contribution in [0.1, 0.15) is 32.7 Å². The maximum atomic E-state index is 12.7. The molecule has 1 heterocycles. The van der Waals surface area contributed by atoms with Crippen LogP contribution in [-0.4, -0.2) is 23.0 Å². The van der Waals surface area contributed by atoms with Crippen molar-refractivity contribution in [1.29, 1.82) is 0 Å². The average molecular weight is 376 g/mol. The molecular formula is C22H24N4O2. The summed E-state index contributed by atoms with van der Waals surface area (Å²) in [6.45, 7) is 6.59. The normalized spacial score (nSPS) is 10.4. The van der Waals surface area contributed by atoms with E-state index >= 15 is 0 Å². The second-order valence-electron chi connectivity index (χ2n) is 6.72. The number of carbonyl (C=O) groups is 1. The molecule has 0 saturated heterocycles. The van der Waals surface area contributed by atoms with Crippen molar-refractivity contribution in [2.45, 2.75) is 27.3 Å². The first-order valence-corrected chi connectivity index (χ1v) is 9.04. The molecule has 144 valence electrons. The minimum Gasteiger partial charge on any atom is -0.497 e. The van der Waals surface area contributed by atoms with Crippen LogP contribution >= 0.6 is 0 Å². The third-order valence-corrected chi connectivity index (χ3v) is 4.45. The summed E-state index contributed by atoms with van der Waals surface area (Å²) in [5.41, 5.74) is 5.43. The summed E-state index contributed by atoms with van der Waals surface area (Å²) in [5, 5.41) is 6.18. The summed E-state index contributed by atoms with van der Waals surface area (Å²) >= 11 is 0. The first kappa shape index (κ1) is 19.4. The van der Waals surface area contributed by atoms with E-state index in [2.05, 4.69) is 20.6 Å². The Morgan fingerprint density at radius 2 is 1.68 bits per heavy atom. The number of methoxy groups -OCH3 is 1. The second-order valence-corrected chi connectivity index (χ2v) is 6.72. The minimum absolute atomic E-state index is 0.259. The van der Waals surface area contributed by atoms with Gasteiger partial charge >= 0.3 is 0 Å². The zero-order chi connectivity index (χ0) is 20.1. The van der Waals surface area contributed by atoms with Gasteiger partial charge in [0.1, 0.15) is 23.6 Å². The molecule has 0 radical (unpaired) electrons. The number of carbonyl (C=O) groups excluding carboxylic acids is 1. The molecule has 0 atom stereocenters. The molecule has 2 N–H and O–H groups in total. The molecule has 6 heteroatoms. The van der Waals surface area contributed by atoms with Crippen molar-refractivity contribution in [3.05, 3.63) is 76.7 Å². The molecule has 2 aromatic carbocycles. The number of ether oxygens (including phenoxy) is 1. The maximum absolute atomic E-state index is 12.7. The van der Waals surface area contributed by atoms with Crippen LogP contribution < -0.4 is 15.4 Å². The number of nitrogens with zero attached hydrogens (tertiary/aromatic N) is 2. The predicted molar refractivity (Wildman–Crippen MR) is 111 cm³/mol. The zero-order valence-corrected chi connectivity index (χ0v) is 16.5. The van der Waals surface area contributed by atoms with Gasteiger partial charge in [0.15, 0.2) is 0 Å². The number of aryl methyl sites for hydroxylation is 3. The Morgan fingerprint density at radius 3 is 2.32 bits per heavy atom. The lowest BCUT2D eigenvalue weighted by Gasteiger charge is -2.13. The minimum atomic E-state index is -0.259. The maximum Gasteiger partial charge on any atom is 0.274 e. The van der Waals surface area contributed by atoms with E-state index in [0.717, 1.165) is 28.1 Å². The summed E-state index contributed by atoms with van der Waals surface area (Å²) in [6, 6.07) is 13.5. The molecule has 3 rings (SSSR count). The largest absolute Gasteiger partial charge is 0.497 e. The van der Waals surface area contributed by atoms with Gasteiger partial charge in [0, 0.05) is 18.3 Å². The lowest BCUT2D eigenvalue weighted by Crippen LogP contribution is -2.16. The van der Waals surface area contributed by atoms with E-state index in [1.54, 1.807) is 13.2 Å². The van der Waals surface area contributed by atoms with E-state index in [-0.39, 0.29) is 5.91 Å². The molecule has 0 bridgehead atoms. The van der Waals surface area contributed by atoms with E-state index in [1.165, 1.54) is 11.9 Å². The van der Waals surface area contributed by atoms with Crippen molar-refractivity contribution >= 4 is 17.4 Å². The molecule has 6 nitrogen and oxygen atoms in total. The Balaban J connectivity index is 1.69. The molecule has 0 fully saturated rings. The van der Waals surface area contributed by atoms with Crippen LogP contribution in [0, 0.1) is 20.8 Å². The van der Waals surface area contributed by atoms with E-state index in [0.29, 0.717) is 18.1 Å². The first-order chi connectivity index (χ1) is 13.5. The number of amides is 1. The van der Waals surface area contributed by atoms with Gasteiger partial charge in [-0.15, -0.1) is 0 Å². The SMILES string of the molecule is COc1ccc(CNc2cc(C(=O)Nc3c(C)cc(C)cc3C)ncn2)cc1. The van der Waals surface area contributed by atoms with E-state index < -0.39 is 0 Å². The van der Waals surface area contributed by atoms with Gasteiger partial charge in [0.2, 0.25) is 0 Å². The van der Waals surface area contributed by atoms with Gasteiger partial charge in [0.05, 0.1) is 7.11 Å². The summed E-state index contributed by atoms with van der Waals surface area (Å²) in [7, 11) is 1.64. The van der Waals surface area contributed by atoms with Crippen molar-refractivity contribution in [3.8, 4) is 5.75 Å². The fraction of sp³-hybridized carbons (Fsp3) is 0.227. The van der Waals surface area contributed by atoms with Crippen LogP contribution in [0.5, 0.6) is 5.75 Å². The summed E-state index contributed by atoms with van der Waals surface area (Å²) in [4.78, 5) is 21.0. The van der Waals surface area contributed by atoms with Crippen molar-refractivity contribution in [3.63, 3.8) is 0 Å². The Labute approximate surface area is 165 Å². The molecule has 0 aliphatic rings. The standard InChI is InChI=1S/C22H24N4O2/c1-14-9-15(2)21(16(3)10-14)26-22(27)19-11-20(25-13-24-19)23-12-17-5-7-18(28-4)8-6-17/h5-11,13H,12H2,1-4H3,(H,26,27)(H,23,24,25). The van der Waals surface area contributed by atoms with Crippen LogP contribution in [0.2, 0.25) is 0 Å². The number of rotatable bonds is 6. The van der Waals surface area contributed by atoms with Crippen LogP contribution in [0.4, 0.5) is 11.5 Å². The zero-order valence-electron chi connectivity index (χ0n) is 16.5. The molecular weight excluding hydrogens is 352 g/mol. The number of anilines is 2. The topological polar surface area (TPSA) is 76.1 Å². The molecule has 0 unspecified atom stereocenters. The number of nitrogens with one attached hydrogen (secondary N) is 2. The molecule has 28 heavy (non-hydrogen) atoms. The third kappa shape index (κ3) is 4.65. The van der Waals surface area contributed by atoms with Crippen molar-refractivity contribution < 1.29 is 9.53 Å². The van der Waals surface area contributed by atoms with Gasteiger partial charge < -0.3 is 15.4 Å². The van der Waals surface area contributed by atoms with Gasteiger partial charge in [-0.1, -0.05) is 29.8 Å². The van der Waals surface area contributed by atoms with Gasteiger partial charge in [-0.3, -0.25) is 4.79 Å². The average Bonchev–Trinajstić information content (AvgIpc) is 2.69. The highest BCUT2D eigenvalue weighted by atomic mass is 16.5.